The van der Waals surface area contributed by atoms with Gasteiger partial charge in [-0.1, -0.05) is 30.3 Å². The van der Waals surface area contributed by atoms with E-state index in [1.165, 1.54) is 24.0 Å². The summed E-state index contributed by atoms with van der Waals surface area (Å²) in [6.45, 7) is 1.60. The molecule has 1 heterocycles. The van der Waals surface area contributed by atoms with E-state index < -0.39 is 37.1 Å². The summed E-state index contributed by atoms with van der Waals surface area (Å²) in [4.78, 5) is 0. The van der Waals surface area contributed by atoms with E-state index in [0.717, 1.165) is 35.6 Å². The second kappa shape index (κ2) is 8.76. The molecule has 32 heavy (non-hydrogen) atoms. The molecule has 4 N–H and O–H groups in total. The van der Waals surface area contributed by atoms with Crippen molar-refractivity contribution in [3.63, 3.8) is 0 Å². The highest BCUT2D eigenvalue weighted by Crippen LogP contribution is 2.41. The van der Waals surface area contributed by atoms with Gasteiger partial charge < -0.3 is 29.9 Å². The zero-order valence-electron chi connectivity index (χ0n) is 18.4. The van der Waals surface area contributed by atoms with Crippen LogP contribution >= 0.6 is 0 Å². The number of aliphatic hydroxyl groups excluding tert-OH is 4. The molecule has 0 unspecified atom stereocenters. The molecule has 6 nitrogen and oxygen atoms in total. The SMILES string of the molecule is Cc1c(Cc2ccc(C3CC3)cc2)cc([C@@H]2O[C@H](CO)[C@@H](O)[C@H](O)[C@H]2O)cc1OC1CC1. The lowest BCUT2D eigenvalue weighted by Gasteiger charge is -2.40. The Hall–Kier alpha value is -1.96. The van der Waals surface area contributed by atoms with E-state index in [4.69, 9.17) is 9.47 Å². The zero-order valence-corrected chi connectivity index (χ0v) is 18.4. The molecule has 1 saturated heterocycles. The summed E-state index contributed by atoms with van der Waals surface area (Å²) in [6, 6.07) is 12.6. The molecule has 172 valence electrons. The number of hydrogen-bond donors (Lipinski definition) is 4. The lowest BCUT2D eigenvalue weighted by Crippen LogP contribution is -2.55. The molecule has 2 aromatic carbocycles. The molecular formula is C26H32O6. The lowest BCUT2D eigenvalue weighted by atomic mass is 9.88. The summed E-state index contributed by atoms with van der Waals surface area (Å²) < 4.78 is 12.0. The van der Waals surface area contributed by atoms with E-state index >= 15 is 0 Å². The van der Waals surface area contributed by atoms with E-state index in [9.17, 15) is 20.4 Å². The van der Waals surface area contributed by atoms with Gasteiger partial charge in [-0.2, -0.15) is 0 Å². The molecule has 0 radical (unpaired) electrons. The van der Waals surface area contributed by atoms with E-state index in [1.807, 2.05) is 19.1 Å². The highest BCUT2D eigenvalue weighted by molar-refractivity contribution is 5.47. The average Bonchev–Trinajstić information content (AvgIpc) is 3.70. The van der Waals surface area contributed by atoms with Gasteiger partial charge in [-0.05, 0) is 78.8 Å². The Balaban J connectivity index is 1.46. The van der Waals surface area contributed by atoms with Crippen LogP contribution in [-0.4, -0.2) is 57.6 Å². The van der Waals surface area contributed by atoms with Crippen molar-refractivity contribution in [2.24, 2.45) is 0 Å². The summed E-state index contributed by atoms with van der Waals surface area (Å²) in [6.07, 6.45) is -0.356. The molecule has 0 spiro atoms. The zero-order chi connectivity index (χ0) is 22.4. The number of hydrogen-bond acceptors (Lipinski definition) is 6. The van der Waals surface area contributed by atoms with Gasteiger partial charge >= 0.3 is 0 Å². The summed E-state index contributed by atoms with van der Waals surface area (Å²) in [5.74, 6) is 1.48. The molecule has 1 aliphatic heterocycles. The smallest absolute Gasteiger partial charge is 0.123 e. The van der Waals surface area contributed by atoms with E-state index in [1.54, 1.807) is 0 Å². The predicted octanol–water partition coefficient (Wildman–Crippen LogP) is 2.52. The molecule has 0 bridgehead atoms. The molecule has 6 heteroatoms. The van der Waals surface area contributed by atoms with Gasteiger partial charge in [0.05, 0.1) is 12.7 Å². The predicted molar refractivity (Wildman–Crippen MR) is 119 cm³/mol. The maximum atomic E-state index is 10.6. The molecule has 3 aliphatic rings. The Bertz CT molecular complexity index is 948. The fraction of sp³-hybridized carbons (Fsp3) is 0.538. The summed E-state index contributed by atoms with van der Waals surface area (Å²) >= 11 is 0. The number of ether oxygens (including phenoxy) is 2. The van der Waals surface area contributed by atoms with Crippen LogP contribution < -0.4 is 4.74 Å². The molecule has 2 saturated carbocycles. The molecule has 5 rings (SSSR count). The van der Waals surface area contributed by atoms with Crippen LogP contribution in [0.3, 0.4) is 0 Å². The van der Waals surface area contributed by atoms with Crippen LogP contribution in [0.1, 0.15) is 65.5 Å². The normalized spacial score (nSPS) is 30.3. The third kappa shape index (κ3) is 4.43. The molecule has 5 atom stereocenters. The molecule has 0 amide bonds. The van der Waals surface area contributed by atoms with Gasteiger partial charge in [0.2, 0.25) is 0 Å². The van der Waals surface area contributed by atoms with Crippen LogP contribution in [0.5, 0.6) is 5.75 Å². The van der Waals surface area contributed by atoms with Crippen LogP contribution in [-0.2, 0) is 11.2 Å². The van der Waals surface area contributed by atoms with E-state index in [2.05, 4.69) is 24.3 Å². The van der Waals surface area contributed by atoms with Gasteiger partial charge in [-0.15, -0.1) is 0 Å². The van der Waals surface area contributed by atoms with E-state index in [-0.39, 0.29) is 6.10 Å². The van der Waals surface area contributed by atoms with Crippen LogP contribution in [0.4, 0.5) is 0 Å². The standard InChI is InChI=1S/C26H32O6/c1-14-18(10-15-2-4-16(5-3-15)17-6-7-17)11-19(12-21(14)31-20-8-9-20)26-25(30)24(29)23(28)22(13-27)32-26/h2-5,11-12,17,20,22-30H,6-10,13H2,1H3/t22-,23-,24+,25-,26+/m1/s1. The Morgan fingerprint density at radius 2 is 1.62 bits per heavy atom. The molecule has 3 fully saturated rings. The lowest BCUT2D eigenvalue weighted by molar-refractivity contribution is -0.231. The first-order valence-corrected chi connectivity index (χ1v) is 11.6. The van der Waals surface area contributed by atoms with Crippen LogP contribution in [0.25, 0.3) is 0 Å². The highest BCUT2D eigenvalue weighted by Gasteiger charge is 2.44. The fourth-order valence-corrected chi connectivity index (χ4v) is 4.53. The van der Waals surface area contributed by atoms with Crippen molar-refractivity contribution in [1.82, 2.24) is 0 Å². The minimum absolute atomic E-state index is 0.212. The first-order valence-electron chi connectivity index (χ1n) is 11.6. The van der Waals surface area contributed by atoms with Crippen molar-refractivity contribution in [1.29, 1.82) is 0 Å². The number of rotatable bonds is 7. The maximum Gasteiger partial charge on any atom is 0.123 e. The van der Waals surface area contributed by atoms with Gasteiger partial charge in [0.1, 0.15) is 36.3 Å². The first kappa shape index (κ1) is 21.9. The molecular weight excluding hydrogens is 408 g/mol. The van der Waals surface area contributed by atoms with Crippen molar-refractivity contribution < 1.29 is 29.9 Å². The number of aliphatic hydroxyl groups is 4. The third-order valence-corrected chi connectivity index (χ3v) is 6.95. The van der Waals surface area contributed by atoms with Crippen molar-refractivity contribution in [2.45, 2.75) is 81.6 Å². The second-order valence-electron chi connectivity index (χ2n) is 9.56. The Morgan fingerprint density at radius 3 is 2.25 bits per heavy atom. The minimum atomic E-state index is -1.40. The fourth-order valence-electron chi connectivity index (χ4n) is 4.53. The summed E-state index contributed by atoms with van der Waals surface area (Å²) in [7, 11) is 0. The molecule has 2 aromatic rings. The van der Waals surface area contributed by atoms with Crippen molar-refractivity contribution in [3.05, 3.63) is 64.2 Å². The monoisotopic (exact) mass is 440 g/mol. The number of benzene rings is 2. The van der Waals surface area contributed by atoms with Crippen LogP contribution in [0.15, 0.2) is 36.4 Å². The Labute approximate surface area is 188 Å². The van der Waals surface area contributed by atoms with Gasteiger partial charge in [-0.25, -0.2) is 0 Å². The quantitative estimate of drug-likeness (QED) is 0.528. The van der Waals surface area contributed by atoms with Crippen molar-refractivity contribution in [2.75, 3.05) is 6.61 Å². The van der Waals surface area contributed by atoms with Crippen molar-refractivity contribution in [3.8, 4) is 5.75 Å². The topological polar surface area (TPSA) is 99.4 Å². The highest BCUT2D eigenvalue weighted by atomic mass is 16.5. The first-order chi connectivity index (χ1) is 15.4. The summed E-state index contributed by atoms with van der Waals surface area (Å²) in [5.41, 5.74) is 5.39. The molecule has 0 aromatic heterocycles. The Kier molecular flexibility index (Phi) is 5.99. The van der Waals surface area contributed by atoms with Gasteiger partial charge in [0, 0.05) is 0 Å². The van der Waals surface area contributed by atoms with Gasteiger partial charge in [-0.3, -0.25) is 0 Å². The van der Waals surface area contributed by atoms with Crippen LogP contribution in [0, 0.1) is 6.92 Å². The van der Waals surface area contributed by atoms with Gasteiger partial charge in [0.25, 0.3) is 0 Å². The molecule has 2 aliphatic carbocycles. The summed E-state index contributed by atoms with van der Waals surface area (Å²) in [5, 5.41) is 40.6. The largest absolute Gasteiger partial charge is 0.490 e. The maximum absolute atomic E-state index is 10.6. The second-order valence-corrected chi connectivity index (χ2v) is 9.56. The average molecular weight is 441 g/mol. The third-order valence-electron chi connectivity index (χ3n) is 6.95. The van der Waals surface area contributed by atoms with E-state index in [0.29, 0.717) is 12.0 Å². The van der Waals surface area contributed by atoms with Crippen LogP contribution in [0.2, 0.25) is 0 Å². The Morgan fingerprint density at radius 1 is 0.906 bits per heavy atom. The minimum Gasteiger partial charge on any atom is -0.490 e. The van der Waals surface area contributed by atoms with Crippen molar-refractivity contribution >= 4 is 0 Å². The van der Waals surface area contributed by atoms with Gasteiger partial charge in [0.15, 0.2) is 0 Å².